The normalized spacial score (nSPS) is 11.2. The molecule has 0 saturated carbocycles. The predicted octanol–water partition coefficient (Wildman–Crippen LogP) is 3.41. The fourth-order valence-corrected chi connectivity index (χ4v) is 3.46. The number of sulfone groups is 1. The van der Waals surface area contributed by atoms with Gasteiger partial charge in [0.25, 0.3) is 5.69 Å². The summed E-state index contributed by atoms with van der Waals surface area (Å²) in [6.07, 6.45) is 1.02. The van der Waals surface area contributed by atoms with E-state index in [0.29, 0.717) is 18.0 Å². The Labute approximate surface area is 154 Å². The lowest BCUT2D eigenvalue weighted by Gasteiger charge is -2.21. The van der Waals surface area contributed by atoms with E-state index in [1.807, 2.05) is 12.1 Å². The maximum atomic E-state index is 11.6. The molecule has 0 aromatic heterocycles. The molecule has 0 heterocycles. The Bertz CT molecular complexity index is 915. The molecule has 0 saturated heterocycles. The van der Waals surface area contributed by atoms with E-state index in [-0.39, 0.29) is 10.6 Å². The summed E-state index contributed by atoms with van der Waals surface area (Å²) in [6, 6.07) is 9.40. The summed E-state index contributed by atoms with van der Waals surface area (Å²) in [7, 11) is -0.277. The molecule has 0 unspecified atom stereocenters. The van der Waals surface area contributed by atoms with Crippen LogP contribution in [0.4, 0.5) is 11.4 Å². The minimum atomic E-state index is -3.53. The summed E-state index contributed by atoms with van der Waals surface area (Å²) >= 11 is 3.39. The maximum absolute atomic E-state index is 11.6. The highest BCUT2D eigenvalue weighted by molar-refractivity contribution is 9.10. The number of hydrogen-bond donors (Lipinski definition) is 0. The number of nitro benzene ring substituents is 1. The summed E-state index contributed by atoms with van der Waals surface area (Å²) in [4.78, 5) is 12.4. The lowest BCUT2D eigenvalue weighted by atomic mass is 10.1. The molecule has 0 aliphatic carbocycles. The molecule has 0 N–H and O–H groups in total. The van der Waals surface area contributed by atoms with Gasteiger partial charge in [-0.3, -0.25) is 10.1 Å². The summed E-state index contributed by atoms with van der Waals surface area (Å²) in [6.45, 7) is 0.349. The molecule has 0 atom stereocenters. The van der Waals surface area contributed by atoms with Crippen LogP contribution in [0.1, 0.15) is 5.56 Å². The van der Waals surface area contributed by atoms with Crippen LogP contribution in [0.5, 0.6) is 5.75 Å². The van der Waals surface area contributed by atoms with Gasteiger partial charge in [-0.05, 0) is 30.3 Å². The molecule has 134 valence electrons. The third kappa shape index (κ3) is 4.49. The SMILES string of the molecule is COc1ccc(Br)cc1CN(C)c1ccc(S(C)(=O)=O)cc1[N+](=O)[O-]. The quantitative estimate of drug-likeness (QED) is 0.517. The topological polar surface area (TPSA) is 89.8 Å². The van der Waals surface area contributed by atoms with Crippen LogP contribution in [0.3, 0.4) is 0 Å². The summed E-state index contributed by atoms with van der Waals surface area (Å²) in [5.74, 6) is 0.658. The molecule has 0 radical (unpaired) electrons. The molecular weight excluding hydrogens is 412 g/mol. The summed E-state index contributed by atoms with van der Waals surface area (Å²) in [5.41, 5.74) is 0.889. The Balaban J connectivity index is 2.44. The van der Waals surface area contributed by atoms with Gasteiger partial charge < -0.3 is 9.64 Å². The number of benzene rings is 2. The van der Waals surface area contributed by atoms with Crippen LogP contribution < -0.4 is 9.64 Å². The maximum Gasteiger partial charge on any atom is 0.293 e. The first-order chi connectivity index (χ1) is 11.6. The third-order valence-electron chi connectivity index (χ3n) is 3.63. The second-order valence-electron chi connectivity index (χ2n) is 5.49. The fraction of sp³-hybridized carbons (Fsp3) is 0.250. The van der Waals surface area contributed by atoms with Crippen molar-refractivity contribution in [3.05, 3.63) is 56.5 Å². The van der Waals surface area contributed by atoms with Crippen LogP contribution in [0, 0.1) is 10.1 Å². The number of nitro groups is 1. The minimum absolute atomic E-state index is 0.0867. The fourth-order valence-electron chi connectivity index (χ4n) is 2.41. The van der Waals surface area contributed by atoms with Crippen LogP contribution >= 0.6 is 15.9 Å². The van der Waals surface area contributed by atoms with Crippen molar-refractivity contribution in [2.45, 2.75) is 11.4 Å². The van der Waals surface area contributed by atoms with Crippen molar-refractivity contribution in [2.75, 3.05) is 25.3 Å². The van der Waals surface area contributed by atoms with Crippen LogP contribution in [0.25, 0.3) is 0 Å². The second kappa shape index (κ2) is 7.40. The highest BCUT2D eigenvalue weighted by Crippen LogP contribution is 2.32. The predicted molar refractivity (Wildman–Crippen MR) is 99.0 cm³/mol. The Morgan fingerprint density at radius 2 is 1.92 bits per heavy atom. The molecular formula is C16H17BrN2O5S. The van der Waals surface area contributed by atoms with Crippen molar-refractivity contribution in [2.24, 2.45) is 0 Å². The van der Waals surface area contributed by atoms with Crippen LogP contribution in [0.15, 0.2) is 45.8 Å². The number of rotatable bonds is 6. The zero-order valence-corrected chi connectivity index (χ0v) is 16.3. The highest BCUT2D eigenvalue weighted by atomic mass is 79.9. The Kier molecular flexibility index (Phi) is 5.69. The molecule has 0 bridgehead atoms. The number of hydrogen-bond acceptors (Lipinski definition) is 6. The van der Waals surface area contributed by atoms with Crippen LogP contribution in [0.2, 0.25) is 0 Å². The first kappa shape index (κ1) is 19.2. The van der Waals surface area contributed by atoms with Crippen molar-refractivity contribution >= 4 is 37.1 Å². The molecule has 0 amide bonds. The second-order valence-corrected chi connectivity index (χ2v) is 8.42. The van der Waals surface area contributed by atoms with Gasteiger partial charge in [0.2, 0.25) is 0 Å². The number of nitrogens with zero attached hydrogens (tertiary/aromatic N) is 2. The Morgan fingerprint density at radius 3 is 2.48 bits per heavy atom. The van der Waals surface area contributed by atoms with E-state index in [1.54, 1.807) is 25.1 Å². The number of halogens is 1. The van der Waals surface area contributed by atoms with Gasteiger partial charge in [-0.15, -0.1) is 0 Å². The lowest BCUT2D eigenvalue weighted by Crippen LogP contribution is -2.18. The van der Waals surface area contributed by atoms with Gasteiger partial charge in [0, 0.05) is 36.0 Å². The van der Waals surface area contributed by atoms with Crippen molar-refractivity contribution in [1.82, 2.24) is 0 Å². The minimum Gasteiger partial charge on any atom is -0.496 e. The molecule has 2 aromatic carbocycles. The third-order valence-corrected chi connectivity index (χ3v) is 5.24. The molecule has 0 aliphatic rings. The summed E-state index contributed by atoms with van der Waals surface area (Å²) < 4.78 is 29.5. The first-order valence-electron chi connectivity index (χ1n) is 7.15. The monoisotopic (exact) mass is 428 g/mol. The van der Waals surface area contributed by atoms with Gasteiger partial charge >= 0.3 is 0 Å². The Hall–Kier alpha value is -2.13. The lowest BCUT2D eigenvalue weighted by molar-refractivity contribution is -0.384. The average molecular weight is 429 g/mol. The molecule has 2 rings (SSSR count). The largest absolute Gasteiger partial charge is 0.496 e. The van der Waals surface area contributed by atoms with E-state index in [2.05, 4.69) is 15.9 Å². The van der Waals surface area contributed by atoms with E-state index in [4.69, 9.17) is 4.74 Å². The van der Waals surface area contributed by atoms with E-state index in [9.17, 15) is 18.5 Å². The van der Waals surface area contributed by atoms with Gasteiger partial charge in [-0.25, -0.2) is 8.42 Å². The number of anilines is 1. The van der Waals surface area contributed by atoms with Gasteiger partial charge in [-0.2, -0.15) is 0 Å². The van der Waals surface area contributed by atoms with Gasteiger partial charge in [-0.1, -0.05) is 15.9 Å². The van der Waals surface area contributed by atoms with Crippen molar-refractivity contribution in [1.29, 1.82) is 0 Å². The van der Waals surface area contributed by atoms with E-state index < -0.39 is 14.8 Å². The van der Waals surface area contributed by atoms with Crippen molar-refractivity contribution < 1.29 is 18.1 Å². The molecule has 7 nitrogen and oxygen atoms in total. The molecule has 0 spiro atoms. The molecule has 0 fully saturated rings. The molecule has 9 heteroatoms. The van der Waals surface area contributed by atoms with Crippen molar-refractivity contribution in [3.63, 3.8) is 0 Å². The number of methoxy groups -OCH3 is 1. The van der Waals surface area contributed by atoms with E-state index in [0.717, 1.165) is 22.4 Å². The molecule has 25 heavy (non-hydrogen) atoms. The molecule has 2 aromatic rings. The van der Waals surface area contributed by atoms with Gasteiger partial charge in [0.05, 0.1) is 16.9 Å². The van der Waals surface area contributed by atoms with Crippen LogP contribution in [-0.4, -0.2) is 33.8 Å². The van der Waals surface area contributed by atoms with Crippen LogP contribution in [-0.2, 0) is 16.4 Å². The molecule has 0 aliphatic heterocycles. The smallest absolute Gasteiger partial charge is 0.293 e. The zero-order valence-electron chi connectivity index (χ0n) is 13.9. The van der Waals surface area contributed by atoms with Crippen molar-refractivity contribution in [3.8, 4) is 5.75 Å². The van der Waals surface area contributed by atoms with E-state index >= 15 is 0 Å². The average Bonchev–Trinajstić information content (AvgIpc) is 2.53. The summed E-state index contributed by atoms with van der Waals surface area (Å²) in [5, 5.41) is 11.4. The first-order valence-corrected chi connectivity index (χ1v) is 9.84. The van der Waals surface area contributed by atoms with Gasteiger partial charge in [0.15, 0.2) is 9.84 Å². The van der Waals surface area contributed by atoms with E-state index in [1.165, 1.54) is 12.1 Å². The van der Waals surface area contributed by atoms with Gasteiger partial charge in [0.1, 0.15) is 11.4 Å². The zero-order chi connectivity index (χ0) is 18.8. The Morgan fingerprint density at radius 1 is 1.24 bits per heavy atom. The number of ether oxygens (including phenoxy) is 1. The standard InChI is InChI=1S/C16H17BrN2O5S/c1-18(10-11-8-12(17)4-7-16(11)24-2)14-6-5-13(25(3,22)23)9-15(14)19(20)21/h4-9H,10H2,1-3H3. The highest BCUT2D eigenvalue weighted by Gasteiger charge is 2.21.